The molecule has 2 aromatic heterocycles. The summed E-state index contributed by atoms with van der Waals surface area (Å²) in [6.45, 7) is 1.78. The van der Waals surface area contributed by atoms with Crippen molar-refractivity contribution in [2.75, 3.05) is 11.5 Å². The molecule has 0 fully saturated rings. The number of aromatic nitrogens is 4. The number of hydrogen-bond acceptors (Lipinski definition) is 5. The Labute approximate surface area is 68.2 Å². The van der Waals surface area contributed by atoms with E-state index in [0.717, 1.165) is 0 Å². The maximum atomic E-state index is 5.54. The molecule has 0 saturated heterocycles. The predicted octanol–water partition coefficient (Wildman–Crippen LogP) is -0.403. The minimum absolute atomic E-state index is 0.255. The Bertz CT molecular complexity index is 431. The molecular formula is C6H8N6. The fraction of sp³-hybridized carbons (Fsp3) is 0.167. The predicted molar refractivity (Wildman–Crippen MR) is 44.3 cm³/mol. The van der Waals surface area contributed by atoms with Crippen LogP contribution < -0.4 is 11.5 Å². The van der Waals surface area contributed by atoms with Crippen molar-refractivity contribution >= 4 is 17.4 Å². The highest BCUT2D eigenvalue weighted by Crippen LogP contribution is 2.08. The maximum Gasteiger partial charge on any atom is 0.225 e. The average Bonchev–Trinajstić information content (AvgIpc) is 2.29. The molecule has 0 aliphatic heterocycles. The van der Waals surface area contributed by atoms with E-state index in [1.54, 1.807) is 13.0 Å². The van der Waals surface area contributed by atoms with E-state index >= 15 is 0 Å². The largest absolute Gasteiger partial charge is 0.383 e. The number of nitrogen functional groups attached to an aromatic ring is 2. The Morgan fingerprint density at radius 3 is 2.83 bits per heavy atom. The van der Waals surface area contributed by atoms with Crippen LogP contribution in [0.1, 0.15) is 5.82 Å². The molecule has 0 spiro atoms. The van der Waals surface area contributed by atoms with Gasteiger partial charge in [0.1, 0.15) is 11.6 Å². The minimum Gasteiger partial charge on any atom is -0.383 e. The second-order valence-electron chi connectivity index (χ2n) is 2.47. The maximum absolute atomic E-state index is 5.54. The highest BCUT2D eigenvalue weighted by Gasteiger charge is 2.03. The Kier molecular flexibility index (Phi) is 1.18. The highest BCUT2D eigenvalue weighted by molar-refractivity contribution is 5.51. The van der Waals surface area contributed by atoms with E-state index in [0.29, 0.717) is 17.3 Å². The van der Waals surface area contributed by atoms with Gasteiger partial charge in [-0.1, -0.05) is 0 Å². The number of rotatable bonds is 0. The first-order valence-electron chi connectivity index (χ1n) is 3.42. The molecule has 0 atom stereocenters. The Morgan fingerprint density at radius 2 is 2.08 bits per heavy atom. The molecule has 2 heterocycles. The summed E-state index contributed by atoms with van der Waals surface area (Å²) in [4.78, 5) is 7.92. The Balaban J connectivity index is 2.88. The molecule has 0 aromatic carbocycles. The molecule has 0 radical (unpaired) electrons. The van der Waals surface area contributed by atoms with Crippen LogP contribution in [0, 0.1) is 6.92 Å². The van der Waals surface area contributed by atoms with Gasteiger partial charge in [0.15, 0.2) is 5.65 Å². The molecule has 0 unspecified atom stereocenters. The lowest BCUT2D eigenvalue weighted by atomic mass is 10.5. The molecule has 4 N–H and O–H groups in total. The monoisotopic (exact) mass is 164 g/mol. The van der Waals surface area contributed by atoms with Crippen molar-refractivity contribution < 1.29 is 0 Å². The number of nitrogens with two attached hydrogens (primary N) is 2. The van der Waals surface area contributed by atoms with Crippen LogP contribution in [0.25, 0.3) is 5.65 Å². The first-order chi connectivity index (χ1) is 5.66. The van der Waals surface area contributed by atoms with E-state index < -0.39 is 0 Å². The molecule has 2 aromatic rings. The summed E-state index contributed by atoms with van der Waals surface area (Å²) in [5.41, 5.74) is 11.6. The summed E-state index contributed by atoms with van der Waals surface area (Å²) in [6.07, 6.45) is 0. The first-order valence-corrected chi connectivity index (χ1v) is 3.42. The van der Waals surface area contributed by atoms with E-state index in [4.69, 9.17) is 11.5 Å². The molecule has 0 amide bonds. The Hall–Kier alpha value is -1.85. The number of fused-ring (bicyclic) bond motifs is 1. The van der Waals surface area contributed by atoms with Crippen molar-refractivity contribution in [3.8, 4) is 0 Å². The van der Waals surface area contributed by atoms with Gasteiger partial charge in [-0.2, -0.15) is 9.50 Å². The molecule has 62 valence electrons. The summed E-state index contributed by atoms with van der Waals surface area (Å²) >= 11 is 0. The average molecular weight is 164 g/mol. The van der Waals surface area contributed by atoms with Crippen LogP contribution in [-0.4, -0.2) is 19.6 Å². The number of hydrogen-bond donors (Lipinski definition) is 2. The molecule has 2 rings (SSSR count). The second kappa shape index (κ2) is 2.07. The van der Waals surface area contributed by atoms with Crippen LogP contribution in [0.4, 0.5) is 11.8 Å². The topological polar surface area (TPSA) is 95.1 Å². The fourth-order valence-corrected chi connectivity index (χ4v) is 1.04. The van der Waals surface area contributed by atoms with Crippen LogP contribution in [0.2, 0.25) is 0 Å². The molecule has 0 bridgehead atoms. The zero-order chi connectivity index (χ0) is 8.72. The highest BCUT2D eigenvalue weighted by atomic mass is 15.3. The lowest BCUT2D eigenvalue weighted by Gasteiger charge is -1.96. The fourth-order valence-electron chi connectivity index (χ4n) is 1.04. The molecule has 6 heteroatoms. The molecule has 12 heavy (non-hydrogen) atoms. The van der Waals surface area contributed by atoms with Crippen LogP contribution in [-0.2, 0) is 0 Å². The smallest absolute Gasteiger partial charge is 0.225 e. The first kappa shape index (κ1) is 6.84. The number of anilines is 2. The zero-order valence-electron chi connectivity index (χ0n) is 6.52. The van der Waals surface area contributed by atoms with Gasteiger partial charge in [-0.25, -0.2) is 4.98 Å². The van der Waals surface area contributed by atoms with Gasteiger partial charge in [0.25, 0.3) is 0 Å². The van der Waals surface area contributed by atoms with E-state index in [1.165, 1.54) is 4.52 Å². The molecule has 0 aliphatic carbocycles. The van der Waals surface area contributed by atoms with Crippen molar-refractivity contribution in [3.63, 3.8) is 0 Å². The van der Waals surface area contributed by atoms with Crippen molar-refractivity contribution in [2.45, 2.75) is 6.92 Å². The van der Waals surface area contributed by atoms with Crippen LogP contribution >= 0.6 is 0 Å². The van der Waals surface area contributed by atoms with Gasteiger partial charge in [-0.15, -0.1) is 5.10 Å². The van der Waals surface area contributed by atoms with Gasteiger partial charge in [-0.05, 0) is 6.92 Å². The zero-order valence-corrected chi connectivity index (χ0v) is 6.52. The lowest BCUT2D eigenvalue weighted by Crippen LogP contribution is -2.04. The second-order valence-corrected chi connectivity index (χ2v) is 2.47. The molecule has 6 nitrogen and oxygen atoms in total. The Morgan fingerprint density at radius 1 is 1.33 bits per heavy atom. The SMILES string of the molecule is Cc1nc2cc(N)nc(N)n2n1. The summed E-state index contributed by atoms with van der Waals surface area (Å²) in [5.74, 6) is 1.26. The van der Waals surface area contributed by atoms with Crippen molar-refractivity contribution in [2.24, 2.45) is 0 Å². The van der Waals surface area contributed by atoms with Gasteiger partial charge in [0, 0.05) is 6.07 Å². The standard InChI is InChI=1S/C6H8N6/c1-3-9-5-2-4(7)10-6(8)12(5)11-3/h2H,7H2,1H3,(H2,8,10). The summed E-state index contributed by atoms with van der Waals surface area (Å²) < 4.78 is 1.45. The van der Waals surface area contributed by atoms with Crippen molar-refractivity contribution in [3.05, 3.63) is 11.9 Å². The van der Waals surface area contributed by atoms with Gasteiger partial charge in [0.2, 0.25) is 5.95 Å². The summed E-state index contributed by atoms with van der Waals surface area (Å²) in [5, 5.41) is 4.02. The van der Waals surface area contributed by atoms with E-state index in [2.05, 4.69) is 15.1 Å². The van der Waals surface area contributed by atoms with E-state index in [-0.39, 0.29) is 5.95 Å². The molecule has 0 aliphatic rings. The van der Waals surface area contributed by atoms with Crippen molar-refractivity contribution in [1.82, 2.24) is 19.6 Å². The summed E-state index contributed by atoms with van der Waals surface area (Å²) in [6, 6.07) is 1.62. The van der Waals surface area contributed by atoms with Gasteiger partial charge in [-0.3, -0.25) is 0 Å². The van der Waals surface area contributed by atoms with E-state index in [1.807, 2.05) is 0 Å². The third-order valence-corrected chi connectivity index (χ3v) is 1.48. The number of nitrogens with zero attached hydrogens (tertiary/aromatic N) is 4. The third-order valence-electron chi connectivity index (χ3n) is 1.48. The minimum atomic E-state index is 0.255. The lowest BCUT2D eigenvalue weighted by molar-refractivity contribution is 0.917. The van der Waals surface area contributed by atoms with E-state index in [9.17, 15) is 0 Å². The molecule has 0 saturated carbocycles. The van der Waals surface area contributed by atoms with Crippen LogP contribution in [0.5, 0.6) is 0 Å². The van der Waals surface area contributed by atoms with Gasteiger partial charge >= 0.3 is 0 Å². The van der Waals surface area contributed by atoms with Crippen molar-refractivity contribution in [1.29, 1.82) is 0 Å². The third kappa shape index (κ3) is 0.849. The van der Waals surface area contributed by atoms with Gasteiger partial charge in [0.05, 0.1) is 0 Å². The van der Waals surface area contributed by atoms with Gasteiger partial charge < -0.3 is 11.5 Å². The normalized spacial score (nSPS) is 10.8. The molecular weight excluding hydrogens is 156 g/mol. The van der Waals surface area contributed by atoms with Crippen LogP contribution in [0.15, 0.2) is 6.07 Å². The quantitative estimate of drug-likeness (QED) is 0.552. The van der Waals surface area contributed by atoms with Crippen LogP contribution in [0.3, 0.4) is 0 Å². The summed E-state index contributed by atoms with van der Waals surface area (Å²) in [7, 11) is 0. The number of aryl methyl sites for hydroxylation is 1.